The number of amides is 1. The highest BCUT2D eigenvalue weighted by molar-refractivity contribution is 7.80. The molecular formula is C11H13ClN2OS. The summed E-state index contributed by atoms with van der Waals surface area (Å²) in [4.78, 5) is 17.6. The van der Waals surface area contributed by atoms with Gasteiger partial charge in [0.2, 0.25) is 5.91 Å². The molecule has 3 nitrogen and oxygen atoms in total. The Hall–Kier alpha value is -0.740. The average Bonchev–Trinajstić information content (AvgIpc) is 2.63. The van der Waals surface area contributed by atoms with Gasteiger partial charge in [-0.1, -0.05) is 11.6 Å². The molecule has 16 heavy (non-hydrogen) atoms. The number of aryl methyl sites for hydroxylation is 1. The Morgan fingerprint density at radius 1 is 1.69 bits per heavy atom. The molecule has 1 aromatic rings. The van der Waals surface area contributed by atoms with Crippen LogP contribution in [0.5, 0.6) is 0 Å². The first-order chi connectivity index (χ1) is 7.61. The van der Waals surface area contributed by atoms with Crippen LogP contribution in [-0.4, -0.2) is 23.2 Å². The Morgan fingerprint density at radius 2 is 2.44 bits per heavy atom. The van der Waals surface area contributed by atoms with Crippen LogP contribution in [0.4, 0.5) is 5.69 Å². The Kier molecular flexibility index (Phi) is 3.40. The molecule has 1 amide bonds. The summed E-state index contributed by atoms with van der Waals surface area (Å²) in [5.41, 5.74) is 1.72. The number of anilines is 1. The molecule has 0 aliphatic carbocycles. The van der Waals surface area contributed by atoms with E-state index in [0.717, 1.165) is 17.0 Å². The number of nitrogens with zero attached hydrogens (tertiary/aromatic N) is 2. The molecule has 0 spiro atoms. The van der Waals surface area contributed by atoms with E-state index >= 15 is 0 Å². The van der Waals surface area contributed by atoms with Crippen LogP contribution < -0.4 is 4.90 Å². The van der Waals surface area contributed by atoms with Crippen molar-refractivity contribution in [3.05, 3.63) is 23.0 Å². The predicted octanol–water partition coefficient (Wildman–Crippen LogP) is 2.33. The van der Waals surface area contributed by atoms with Crippen molar-refractivity contribution in [2.24, 2.45) is 5.92 Å². The number of hydrogen-bond donors (Lipinski definition) is 1. The molecule has 86 valence electrons. The van der Waals surface area contributed by atoms with Gasteiger partial charge in [-0.3, -0.25) is 4.79 Å². The summed E-state index contributed by atoms with van der Waals surface area (Å²) in [6, 6.07) is 1.90. The molecule has 1 fully saturated rings. The standard InChI is InChI=1S/C11H13ClN2OS/c1-7-2-9(11(12)13-4-7)14-5-8(6-16)3-10(14)15/h2,4,8,16H,3,5-6H2,1H3. The van der Waals surface area contributed by atoms with Gasteiger partial charge in [0.15, 0.2) is 5.15 Å². The van der Waals surface area contributed by atoms with Gasteiger partial charge in [-0.25, -0.2) is 4.98 Å². The highest BCUT2D eigenvalue weighted by atomic mass is 35.5. The summed E-state index contributed by atoms with van der Waals surface area (Å²) < 4.78 is 0. The predicted molar refractivity (Wildman–Crippen MR) is 68.3 cm³/mol. The molecule has 5 heteroatoms. The van der Waals surface area contributed by atoms with Gasteiger partial charge in [-0.2, -0.15) is 12.6 Å². The molecule has 0 saturated carbocycles. The normalized spacial score (nSPS) is 20.6. The molecule has 1 aliphatic rings. The second kappa shape index (κ2) is 4.63. The lowest BCUT2D eigenvalue weighted by Gasteiger charge is -2.17. The van der Waals surface area contributed by atoms with Crippen LogP contribution in [0.15, 0.2) is 12.3 Å². The van der Waals surface area contributed by atoms with Gasteiger partial charge >= 0.3 is 0 Å². The van der Waals surface area contributed by atoms with Crippen molar-refractivity contribution in [1.82, 2.24) is 4.98 Å². The third kappa shape index (κ3) is 2.18. The molecule has 1 aliphatic heterocycles. The maximum absolute atomic E-state index is 11.8. The zero-order valence-corrected chi connectivity index (χ0v) is 10.6. The van der Waals surface area contributed by atoms with E-state index in [2.05, 4.69) is 17.6 Å². The van der Waals surface area contributed by atoms with E-state index in [-0.39, 0.29) is 5.91 Å². The average molecular weight is 257 g/mol. The van der Waals surface area contributed by atoms with E-state index in [1.54, 1.807) is 11.1 Å². The molecule has 1 aromatic heterocycles. The number of halogens is 1. The summed E-state index contributed by atoms with van der Waals surface area (Å²) in [7, 11) is 0. The van der Waals surface area contributed by atoms with Gasteiger partial charge in [0, 0.05) is 19.2 Å². The summed E-state index contributed by atoms with van der Waals surface area (Å²) in [6.45, 7) is 2.62. The molecule has 0 radical (unpaired) electrons. The highest BCUT2D eigenvalue weighted by Crippen LogP contribution is 2.30. The fraction of sp³-hybridized carbons (Fsp3) is 0.455. The van der Waals surface area contributed by atoms with Gasteiger partial charge in [0.1, 0.15) is 0 Å². The van der Waals surface area contributed by atoms with Crippen LogP contribution in [0.1, 0.15) is 12.0 Å². The zero-order chi connectivity index (χ0) is 11.7. The largest absolute Gasteiger partial charge is 0.309 e. The third-order valence-electron chi connectivity index (χ3n) is 2.71. The number of carbonyl (C=O) groups excluding carboxylic acids is 1. The van der Waals surface area contributed by atoms with Crippen LogP contribution in [0.25, 0.3) is 0 Å². The summed E-state index contributed by atoms with van der Waals surface area (Å²) in [5.74, 6) is 1.14. The van der Waals surface area contributed by atoms with Crippen molar-refractivity contribution in [2.45, 2.75) is 13.3 Å². The maximum atomic E-state index is 11.8. The molecule has 2 heterocycles. The first-order valence-electron chi connectivity index (χ1n) is 5.15. The fourth-order valence-electron chi connectivity index (χ4n) is 1.86. The van der Waals surface area contributed by atoms with Crippen LogP contribution in [0, 0.1) is 12.8 Å². The zero-order valence-electron chi connectivity index (χ0n) is 8.98. The third-order valence-corrected chi connectivity index (χ3v) is 3.52. The number of pyridine rings is 1. The Morgan fingerprint density at radius 3 is 3.06 bits per heavy atom. The van der Waals surface area contributed by atoms with Crippen LogP contribution in [-0.2, 0) is 4.79 Å². The first-order valence-corrected chi connectivity index (χ1v) is 6.16. The van der Waals surface area contributed by atoms with E-state index in [1.807, 2.05) is 13.0 Å². The van der Waals surface area contributed by atoms with Crippen molar-refractivity contribution in [2.75, 3.05) is 17.2 Å². The van der Waals surface area contributed by atoms with Crippen molar-refractivity contribution in [1.29, 1.82) is 0 Å². The minimum absolute atomic E-state index is 0.105. The monoisotopic (exact) mass is 256 g/mol. The number of thiol groups is 1. The minimum Gasteiger partial charge on any atom is -0.309 e. The molecule has 0 N–H and O–H groups in total. The Labute approximate surface area is 105 Å². The highest BCUT2D eigenvalue weighted by Gasteiger charge is 2.31. The van der Waals surface area contributed by atoms with Gasteiger partial charge < -0.3 is 4.90 Å². The fourth-order valence-corrected chi connectivity index (χ4v) is 2.31. The van der Waals surface area contributed by atoms with Gasteiger partial charge in [-0.05, 0) is 30.2 Å². The lowest BCUT2D eigenvalue weighted by Crippen LogP contribution is -2.25. The summed E-state index contributed by atoms with van der Waals surface area (Å²) in [5, 5.41) is 0.388. The molecular weight excluding hydrogens is 244 g/mol. The topological polar surface area (TPSA) is 33.2 Å². The van der Waals surface area contributed by atoms with Crippen molar-refractivity contribution >= 4 is 35.8 Å². The van der Waals surface area contributed by atoms with Gasteiger partial charge in [0.05, 0.1) is 5.69 Å². The second-order valence-electron chi connectivity index (χ2n) is 4.08. The Bertz CT molecular complexity index is 424. The number of carbonyl (C=O) groups is 1. The van der Waals surface area contributed by atoms with Gasteiger partial charge in [0.25, 0.3) is 0 Å². The number of aromatic nitrogens is 1. The van der Waals surface area contributed by atoms with E-state index in [0.29, 0.717) is 24.0 Å². The SMILES string of the molecule is Cc1cnc(Cl)c(N2CC(CS)CC2=O)c1. The van der Waals surface area contributed by atoms with E-state index in [1.165, 1.54) is 0 Å². The van der Waals surface area contributed by atoms with Crippen LogP contribution in [0.3, 0.4) is 0 Å². The second-order valence-corrected chi connectivity index (χ2v) is 4.80. The van der Waals surface area contributed by atoms with Crippen molar-refractivity contribution in [3.63, 3.8) is 0 Å². The van der Waals surface area contributed by atoms with E-state index in [4.69, 9.17) is 11.6 Å². The molecule has 0 aromatic carbocycles. The molecule has 1 atom stereocenters. The Balaban J connectivity index is 2.30. The van der Waals surface area contributed by atoms with E-state index in [9.17, 15) is 4.79 Å². The van der Waals surface area contributed by atoms with Crippen molar-refractivity contribution < 1.29 is 4.79 Å². The molecule has 0 bridgehead atoms. The summed E-state index contributed by atoms with van der Waals surface area (Å²) in [6.07, 6.45) is 2.25. The van der Waals surface area contributed by atoms with Crippen LogP contribution >= 0.6 is 24.2 Å². The summed E-state index contributed by atoms with van der Waals surface area (Å²) >= 11 is 10.2. The number of hydrogen-bond acceptors (Lipinski definition) is 3. The lowest BCUT2D eigenvalue weighted by molar-refractivity contribution is -0.117. The van der Waals surface area contributed by atoms with Crippen LogP contribution in [0.2, 0.25) is 5.15 Å². The van der Waals surface area contributed by atoms with E-state index < -0.39 is 0 Å². The smallest absolute Gasteiger partial charge is 0.227 e. The molecule has 1 saturated heterocycles. The number of rotatable bonds is 2. The van der Waals surface area contributed by atoms with Gasteiger partial charge in [-0.15, -0.1) is 0 Å². The maximum Gasteiger partial charge on any atom is 0.227 e. The lowest BCUT2D eigenvalue weighted by atomic mass is 10.1. The van der Waals surface area contributed by atoms with Crippen molar-refractivity contribution in [3.8, 4) is 0 Å². The molecule has 2 rings (SSSR count). The quantitative estimate of drug-likeness (QED) is 0.651. The first kappa shape index (κ1) is 11.7. The molecule has 1 unspecified atom stereocenters. The minimum atomic E-state index is 0.105.